The minimum absolute atomic E-state index is 0. The van der Waals surface area contributed by atoms with Gasteiger partial charge in [0.25, 0.3) is 0 Å². The van der Waals surface area contributed by atoms with E-state index in [1.807, 2.05) is 23.1 Å². The topological polar surface area (TPSA) is 78.7 Å². The molecular formula is C20H34Cl2N4O2. The van der Waals surface area contributed by atoms with Gasteiger partial charge in [-0.15, -0.1) is 24.8 Å². The molecule has 0 radical (unpaired) electrons. The summed E-state index contributed by atoms with van der Waals surface area (Å²) >= 11 is 0. The molecule has 160 valence electrons. The monoisotopic (exact) mass is 432 g/mol. The fraction of sp³-hybridized carbons (Fsp3) is 0.600. The Morgan fingerprint density at radius 2 is 1.54 bits per heavy atom. The van der Waals surface area contributed by atoms with Gasteiger partial charge in [-0.2, -0.15) is 0 Å². The number of amides is 2. The molecule has 1 heterocycles. The number of unbranched alkanes of at least 4 members (excludes halogenated alkanes) is 3. The summed E-state index contributed by atoms with van der Waals surface area (Å²) in [7, 11) is 0. The molecule has 0 saturated carbocycles. The first-order valence-electron chi connectivity index (χ1n) is 9.75. The van der Waals surface area contributed by atoms with E-state index in [2.05, 4.69) is 22.3 Å². The average molecular weight is 433 g/mol. The number of halogens is 2. The van der Waals surface area contributed by atoms with Crippen LogP contribution in [0.3, 0.4) is 0 Å². The van der Waals surface area contributed by atoms with E-state index >= 15 is 0 Å². The highest BCUT2D eigenvalue weighted by atomic mass is 35.5. The van der Waals surface area contributed by atoms with E-state index in [0.717, 1.165) is 51.9 Å². The van der Waals surface area contributed by atoms with Gasteiger partial charge in [-0.3, -0.25) is 9.59 Å². The number of nitrogens with one attached hydrogen (secondary N) is 1. The molecule has 0 aliphatic carbocycles. The van der Waals surface area contributed by atoms with Crippen molar-refractivity contribution in [2.45, 2.75) is 38.5 Å². The van der Waals surface area contributed by atoms with Gasteiger partial charge >= 0.3 is 0 Å². The van der Waals surface area contributed by atoms with E-state index in [0.29, 0.717) is 25.9 Å². The first kappa shape index (κ1) is 26.5. The van der Waals surface area contributed by atoms with Crippen LogP contribution in [0, 0.1) is 0 Å². The maximum Gasteiger partial charge on any atom is 0.224 e. The number of anilines is 1. The molecule has 1 aliphatic heterocycles. The molecule has 6 nitrogen and oxygen atoms in total. The summed E-state index contributed by atoms with van der Waals surface area (Å²) in [5.41, 5.74) is 6.65. The lowest BCUT2D eigenvalue weighted by molar-refractivity contribution is -0.131. The zero-order chi connectivity index (χ0) is 18.6. The predicted octanol–water partition coefficient (Wildman–Crippen LogP) is 2.59. The summed E-state index contributed by atoms with van der Waals surface area (Å²) in [5.74, 6) is 0.167. The quantitative estimate of drug-likeness (QED) is 0.556. The lowest BCUT2D eigenvalue weighted by atomic mass is 10.1. The molecule has 0 aromatic heterocycles. The number of hydrogen-bond donors (Lipinski definition) is 2. The number of carbonyl (C=O) groups excluding carboxylic acids is 2. The second kappa shape index (κ2) is 15.4. The highest BCUT2D eigenvalue weighted by molar-refractivity contribution is 5.85. The number of hydrogen-bond acceptors (Lipinski definition) is 4. The third-order valence-corrected chi connectivity index (χ3v) is 4.77. The van der Waals surface area contributed by atoms with Crippen molar-refractivity contribution >= 4 is 42.3 Å². The van der Waals surface area contributed by atoms with E-state index in [9.17, 15) is 9.59 Å². The SMILES string of the molecule is Cl.Cl.NCCCCCCC(=O)NCCC(=O)N1CCN(c2ccccc2)CC1. The van der Waals surface area contributed by atoms with Gasteiger partial charge in [-0.1, -0.05) is 31.0 Å². The number of benzene rings is 1. The molecule has 1 saturated heterocycles. The third-order valence-electron chi connectivity index (χ3n) is 4.77. The molecule has 0 spiro atoms. The highest BCUT2D eigenvalue weighted by Crippen LogP contribution is 2.15. The fourth-order valence-electron chi connectivity index (χ4n) is 3.19. The van der Waals surface area contributed by atoms with Gasteiger partial charge in [0.05, 0.1) is 0 Å². The number of piperazine rings is 1. The van der Waals surface area contributed by atoms with Crippen LogP contribution in [0.25, 0.3) is 0 Å². The average Bonchev–Trinajstić information content (AvgIpc) is 2.68. The molecule has 0 unspecified atom stereocenters. The lowest BCUT2D eigenvalue weighted by Gasteiger charge is -2.36. The summed E-state index contributed by atoms with van der Waals surface area (Å²) in [5, 5.41) is 2.86. The fourth-order valence-corrected chi connectivity index (χ4v) is 3.19. The van der Waals surface area contributed by atoms with Crippen molar-refractivity contribution in [2.75, 3.05) is 44.2 Å². The molecule has 1 fully saturated rings. The number of rotatable bonds is 10. The predicted molar refractivity (Wildman–Crippen MR) is 119 cm³/mol. The Balaban J connectivity index is 0.00000364. The van der Waals surface area contributed by atoms with Crippen LogP contribution in [0.15, 0.2) is 30.3 Å². The molecule has 1 aromatic carbocycles. The minimum atomic E-state index is 0. The Kier molecular flexibility index (Phi) is 14.6. The Hall–Kier alpha value is -1.50. The molecular weight excluding hydrogens is 399 g/mol. The van der Waals surface area contributed by atoms with E-state index in [1.54, 1.807) is 0 Å². The highest BCUT2D eigenvalue weighted by Gasteiger charge is 2.20. The van der Waals surface area contributed by atoms with Crippen molar-refractivity contribution in [1.82, 2.24) is 10.2 Å². The number of nitrogens with zero attached hydrogens (tertiary/aromatic N) is 2. The number of para-hydroxylation sites is 1. The second-order valence-electron chi connectivity index (χ2n) is 6.76. The smallest absolute Gasteiger partial charge is 0.224 e. The molecule has 3 N–H and O–H groups in total. The molecule has 0 atom stereocenters. The van der Waals surface area contributed by atoms with Gasteiger partial charge in [0.2, 0.25) is 11.8 Å². The van der Waals surface area contributed by atoms with E-state index in [-0.39, 0.29) is 36.6 Å². The summed E-state index contributed by atoms with van der Waals surface area (Å²) in [4.78, 5) is 28.3. The molecule has 2 rings (SSSR count). The van der Waals surface area contributed by atoms with Crippen molar-refractivity contribution in [1.29, 1.82) is 0 Å². The van der Waals surface area contributed by atoms with Crippen molar-refractivity contribution in [2.24, 2.45) is 5.73 Å². The Morgan fingerprint density at radius 3 is 2.18 bits per heavy atom. The molecule has 1 aliphatic rings. The normalized spacial score (nSPS) is 13.3. The van der Waals surface area contributed by atoms with Gasteiger partial charge in [0.15, 0.2) is 0 Å². The van der Waals surface area contributed by atoms with Crippen LogP contribution in [0.2, 0.25) is 0 Å². The summed E-state index contributed by atoms with van der Waals surface area (Å²) in [6, 6.07) is 10.3. The van der Waals surface area contributed by atoms with Gasteiger partial charge < -0.3 is 20.9 Å². The molecule has 0 bridgehead atoms. The Labute approximate surface area is 181 Å². The van der Waals surface area contributed by atoms with Crippen LogP contribution in [0.1, 0.15) is 38.5 Å². The van der Waals surface area contributed by atoms with E-state index in [1.165, 1.54) is 5.69 Å². The van der Waals surface area contributed by atoms with Gasteiger partial charge in [-0.25, -0.2) is 0 Å². The third kappa shape index (κ3) is 9.62. The maximum absolute atomic E-state index is 12.3. The van der Waals surface area contributed by atoms with Crippen LogP contribution in [0.4, 0.5) is 5.69 Å². The summed E-state index contributed by atoms with van der Waals surface area (Å²) < 4.78 is 0. The van der Waals surface area contributed by atoms with Crippen molar-refractivity contribution < 1.29 is 9.59 Å². The zero-order valence-electron chi connectivity index (χ0n) is 16.5. The molecule has 28 heavy (non-hydrogen) atoms. The van der Waals surface area contributed by atoms with E-state index in [4.69, 9.17) is 5.73 Å². The molecule has 2 amide bonds. The Morgan fingerprint density at radius 1 is 0.893 bits per heavy atom. The lowest BCUT2D eigenvalue weighted by Crippen LogP contribution is -2.49. The van der Waals surface area contributed by atoms with Crippen LogP contribution in [-0.2, 0) is 9.59 Å². The number of carbonyl (C=O) groups is 2. The Bertz CT molecular complexity index is 552. The van der Waals surface area contributed by atoms with Crippen LogP contribution >= 0.6 is 24.8 Å². The summed E-state index contributed by atoms with van der Waals surface area (Å²) in [6.45, 7) is 4.33. The van der Waals surface area contributed by atoms with Gasteiger partial charge in [-0.05, 0) is 31.5 Å². The minimum Gasteiger partial charge on any atom is -0.368 e. The van der Waals surface area contributed by atoms with Crippen molar-refractivity contribution in [3.63, 3.8) is 0 Å². The van der Waals surface area contributed by atoms with Crippen molar-refractivity contribution in [3.8, 4) is 0 Å². The first-order chi connectivity index (χ1) is 12.7. The second-order valence-corrected chi connectivity index (χ2v) is 6.76. The van der Waals surface area contributed by atoms with Gasteiger partial charge in [0.1, 0.15) is 0 Å². The largest absolute Gasteiger partial charge is 0.368 e. The molecule has 1 aromatic rings. The van der Waals surface area contributed by atoms with E-state index < -0.39 is 0 Å². The summed E-state index contributed by atoms with van der Waals surface area (Å²) in [6.07, 6.45) is 4.94. The maximum atomic E-state index is 12.3. The first-order valence-corrected chi connectivity index (χ1v) is 9.75. The number of nitrogens with two attached hydrogens (primary N) is 1. The van der Waals surface area contributed by atoms with Crippen molar-refractivity contribution in [3.05, 3.63) is 30.3 Å². The zero-order valence-corrected chi connectivity index (χ0v) is 18.1. The van der Waals surface area contributed by atoms with Gasteiger partial charge in [0, 0.05) is 51.3 Å². The molecule has 8 heteroatoms. The van der Waals surface area contributed by atoms with Crippen LogP contribution in [-0.4, -0.2) is 56.0 Å². The standard InChI is InChI=1S/C20H32N4O2.2ClH/c21-12-7-2-1-6-10-19(25)22-13-11-20(26)24-16-14-23(15-17-24)18-8-4-3-5-9-18;;/h3-5,8-9H,1-2,6-7,10-17,21H2,(H,22,25);2*1H. The van der Waals surface area contributed by atoms with Crippen LogP contribution in [0.5, 0.6) is 0 Å². The van der Waals surface area contributed by atoms with Crippen LogP contribution < -0.4 is 16.0 Å².